The van der Waals surface area contributed by atoms with E-state index in [0.29, 0.717) is 16.0 Å². The third-order valence-electron chi connectivity index (χ3n) is 3.38. The topological polar surface area (TPSA) is 149 Å². The summed E-state index contributed by atoms with van der Waals surface area (Å²) in [5.41, 5.74) is 0.119. The van der Waals surface area contributed by atoms with Crippen molar-refractivity contribution < 1.29 is 24.3 Å². The SMILES string of the molecule is Cc1ccc(-c2nnc(-c3cc(O)c(O)c([N+](=O)[O-])c3)o2)c(Br)[n+]1[O-]. The molecule has 0 saturated carbocycles. The maximum absolute atomic E-state index is 11.9. The second-order valence-electron chi connectivity index (χ2n) is 5.01. The number of pyridine rings is 1. The predicted molar refractivity (Wildman–Crippen MR) is 86.6 cm³/mol. The highest BCUT2D eigenvalue weighted by molar-refractivity contribution is 9.10. The number of aryl methyl sites for hydroxylation is 1. The number of aromatic nitrogens is 3. The van der Waals surface area contributed by atoms with Crippen LogP contribution in [0.5, 0.6) is 11.5 Å². The van der Waals surface area contributed by atoms with E-state index in [9.17, 15) is 25.5 Å². The van der Waals surface area contributed by atoms with Gasteiger partial charge in [-0.2, -0.15) is 4.73 Å². The van der Waals surface area contributed by atoms with Crippen molar-refractivity contribution >= 4 is 21.6 Å². The number of aromatic hydroxyl groups is 2. The van der Waals surface area contributed by atoms with E-state index in [1.807, 2.05) is 0 Å². The van der Waals surface area contributed by atoms with E-state index in [1.165, 1.54) is 0 Å². The molecular weight excluding hydrogens is 400 g/mol. The molecule has 0 aliphatic heterocycles. The lowest BCUT2D eigenvalue weighted by Gasteiger charge is -2.04. The molecule has 1 aromatic carbocycles. The number of hydrogen-bond acceptors (Lipinski definition) is 8. The first-order valence-corrected chi connectivity index (χ1v) is 7.52. The van der Waals surface area contributed by atoms with Gasteiger partial charge in [-0.1, -0.05) is 0 Å². The molecule has 2 aromatic heterocycles. The Bertz CT molecular complexity index is 1000. The molecule has 0 atom stereocenters. The number of halogens is 1. The summed E-state index contributed by atoms with van der Waals surface area (Å²) >= 11 is 3.15. The third kappa shape index (κ3) is 2.85. The Balaban J connectivity index is 2.09. The average molecular weight is 409 g/mol. The molecule has 0 fully saturated rings. The summed E-state index contributed by atoms with van der Waals surface area (Å²) in [7, 11) is 0. The van der Waals surface area contributed by atoms with Gasteiger partial charge in [0.1, 0.15) is 5.56 Å². The minimum atomic E-state index is -0.859. The lowest BCUT2D eigenvalue weighted by atomic mass is 10.1. The van der Waals surface area contributed by atoms with E-state index in [2.05, 4.69) is 26.1 Å². The summed E-state index contributed by atoms with van der Waals surface area (Å²) in [6, 6.07) is 5.21. The highest BCUT2D eigenvalue weighted by Gasteiger charge is 2.23. The van der Waals surface area contributed by atoms with Crippen molar-refractivity contribution in [3.8, 4) is 34.4 Å². The fraction of sp³-hybridized carbons (Fsp3) is 0.0714. The maximum Gasteiger partial charge on any atom is 0.315 e. The number of phenolic OH excluding ortho intramolecular Hbond substituents is 2. The molecule has 3 rings (SSSR count). The van der Waals surface area contributed by atoms with Gasteiger partial charge in [0.05, 0.1) is 4.92 Å². The highest BCUT2D eigenvalue weighted by Crippen LogP contribution is 2.39. The van der Waals surface area contributed by atoms with Crippen molar-refractivity contribution in [1.29, 1.82) is 0 Å². The van der Waals surface area contributed by atoms with Gasteiger partial charge in [0.2, 0.25) is 11.6 Å². The fourth-order valence-electron chi connectivity index (χ4n) is 2.08. The lowest BCUT2D eigenvalue weighted by Crippen LogP contribution is -2.32. The van der Waals surface area contributed by atoms with Crippen molar-refractivity contribution in [2.45, 2.75) is 6.92 Å². The van der Waals surface area contributed by atoms with Gasteiger partial charge in [-0.15, -0.1) is 10.2 Å². The molecule has 0 unspecified atom stereocenters. The number of phenols is 2. The molecule has 0 spiro atoms. The molecule has 128 valence electrons. The minimum absolute atomic E-state index is 0.00157. The van der Waals surface area contributed by atoms with Crippen LogP contribution in [-0.4, -0.2) is 25.3 Å². The monoisotopic (exact) mass is 408 g/mol. The van der Waals surface area contributed by atoms with Crippen LogP contribution >= 0.6 is 15.9 Å². The molecular formula is C14H9BrN4O6. The molecule has 0 aliphatic rings. The van der Waals surface area contributed by atoms with Crippen LogP contribution in [0.2, 0.25) is 0 Å². The first-order valence-electron chi connectivity index (χ1n) is 6.73. The van der Waals surface area contributed by atoms with E-state index in [1.54, 1.807) is 19.1 Å². The predicted octanol–water partition coefficient (Wildman–Crippen LogP) is 2.43. The summed E-state index contributed by atoms with van der Waals surface area (Å²) in [6.07, 6.45) is 0. The zero-order chi connectivity index (χ0) is 18.3. The Morgan fingerprint density at radius 3 is 2.60 bits per heavy atom. The van der Waals surface area contributed by atoms with E-state index >= 15 is 0 Å². The average Bonchev–Trinajstić information content (AvgIpc) is 3.04. The molecule has 0 saturated heterocycles. The summed E-state index contributed by atoms with van der Waals surface area (Å²) < 4.78 is 6.25. The van der Waals surface area contributed by atoms with Gasteiger partial charge in [-0.05, 0) is 12.1 Å². The maximum atomic E-state index is 11.9. The third-order valence-corrected chi connectivity index (χ3v) is 4.13. The molecule has 3 aromatic rings. The second kappa shape index (κ2) is 6.02. The number of hydrogen-bond donors (Lipinski definition) is 2. The Labute approximate surface area is 147 Å². The first-order chi connectivity index (χ1) is 11.8. The largest absolute Gasteiger partial charge is 0.618 e. The molecule has 25 heavy (non-hydrogen) atoms. The normalized spacial score (nSPS) is 10.8. The van der Waals surface area contributed by atoms with Gasteiger partial charge >= 0.3 is 5.69 Å². The Kier molecular flexibility index (Phi) is 4.00. The number of rotatable bonds is 3. The quantitative estimate of drug-likeness (QED) is 0.167. The number of nitrogens with zero attached hydrogens (tertiary/aromatic N) is 4. The number of nitro groups is 1. The van der Waals surface area contributed by atoms with Gasteiger partial charge in [0, 0.05) is 40.5 Å². The lowest BCUT2D eigenvalue weighted by molar-refractivity contribution is -0.623. The van der Waals surface area contributed by atoms with Crippen LogP contribution in [0.3, 0.4) is 0 Å². The van der Waals surface area contributed by atoms with Crippen molar-refractivity contribution in [3.05, 3.63) is 49.9 Å². The van der Waals surface area contributed by atoms with Crippen molar-refractivity contribution in [2.24, 2.45) is 0 Å². The van der Waals surface area contributed by atoms with Crippen LogP contribution in [0.1, 0.15) is 5.69 Å². The molecule has 0 amide bonds. The molecule has 2 heterocycles. The Morgan fingerprint density at radius 2 is 1.92 bits per heavy atom. The highest BCUT2D eigenvalue weighted by atomic mass is 79.9. The molecule has 0 aliphatic carbocycles. The van der Waals surface area contributed by atoms with Gasteiger partial charge in [0.15, 0.2) is 11.4 Å². The van der Waals surface area contributed by atoms with Gasteiger partial charge in [-0.3, -0.25) is 10.1 Å². The van der Waals surface area contributed by atoms with Crippen LogP contribution < -0.4 is 4.73 Å². The Hall–Kier alpha value is -3.21. The summed E-state index contributed by atoms with van der Waals surface area (Å²) in [5.74, 6) is -1.68. The van der Waals surface area contributed by atoms with Crippen LogP contribution in [0.15, 0.2) is 33.3 Å². The zero-order valence-corrected chi connectivity index (χ0v) is 14.1. The zero-order valence-electron chi connectivity index (χ0n) is 12.5. The second-order valence-corrected chi connectivity index (χ2v) is 5.76. The van der Waals surface area contributed by atoms with Crippen LogP contribution in [0.25, 0.3) is 22.9 Å². The summed E-state index contributed by atoms with van der Waals surface area (Å²) in [4.78, 5) is 10.1. The van der Waals surface area contributed by atoms with Crippen molar-refractivity contribution in [3.63, 3.8) is 0 Å². The minimum Gasteiger partial charge on any atom is -0.618 e. The molecule has 11 heteroatoms. The summed E-state index contributed by atoms with van der Waals surface area (Å²) in [6.45, 7) is 1.62. The molecule has 0 radical (unpaired) electrons. The van der Waals surface area contributed by atoms with E-state index < -0.39 is 22.1 Å². The van der Waals surface area contributed by atoms with Crippen LogP contribution in [-0.2, 0) is 0 Å². The van der Waals surface area contributed by atoms with Gasteiger partial charge in [-0.25, -0.2) is 0 Å². The van der Waals surface area contributed by atoms with E-state index in [0.717, 1.165) is 12.1 Å². The van der Waals surface area contributed by atoms with Crippen molar-refractivity contribution in [1.82, 2.24) is 10.2 Å². The Morgan fingerprint density at radius 1 is 1.24 bits per heavy atom. The molecule has 0 bridgehead atoms. The molecule has 10 nitrogen and oxygen atoms in total. The first kappa shape index (κ1) is 16.6. The van der Waals surface area contributed by atoms with Crippen molar-refractivity contribution in [2.75, 3.05) is 0 Å². The van der Waals surface area contributed by atoms with Gasteiger partial charge < -0.3 is 19.8 Å². The smallest absolute Gasteiger partial charge is 0.315 e. The summed E-state index contributed by atoms with van der Waals surface area (Å²) in [5, 5.41) is 49.5. The molecule has 2 N–H and O–H groups in total. The number of benzene rings is 1. The van der Waals surface area contributed by atoms with Gasteiger partial charge in [0.25, 0.3) is 10.5 Å². The van der Waals surface area contributed by atoms with Crippen LogP contribution in [0, 0.1) is 22.2 Å². The van der Waals surface area contributed by atoms with Crippen LogP contribution in [0.4, 0.5) is 5.69 Å². The number of nitro benzene ring substituents is 1. The fourth-order valence-corrected chi connectivity index (χ4v) is 2.66. The van der Waals surface area contributed by atoms with E-state index in [4.69, 9.17) is 4.42 Å². The van der Waals surface area contributed by atoms with E-state index in [-0.39, 0.29) is 21.9 Å². The standard InChI is InChI=1S/C14H9BrN4O6/c1-6-2-3-8(12(15)18(6)22)14-17-16-13(25-14)7-4-9(19(23)24)11(21)10(20)5-7/h2-5,20-21H,1H3.